The molecule has 0 bridgehead atoms. The zero-order valence-electron chi connectivity index (χ0n) is 13.1. The lowest BCUT2D eigenvalue weighted by Gasteiger charge is -2.18. The Balaban J connectivity index is 1.59. The molecule has 1 fully saturated rings. The van der Waals surface area contributed by atoms with E-state index < -0.39 is 0 Å². The molecule has 2 aliphatic rings. The molecule has 124 valence electrons. The molecule has 1 saturated heterocycles. The van der Waals surface area contributed by atoms with Crippen molar-refractivity contribution >= 4 is 11.7 Å². The van der Waals surface area contributed by atoms with Crippen LogP contribution in [0.5, 0.6) is 0 Å². The lowest BCUT2D eigenvalue weighted by atomic mass is 9.98. The normalized spacial score (nSPS) is 22.6. The Kier molecular flexibility index (Phi) is 3.73. The molecular formula is C19H18FNO3. The summed E-state index contributed by atoms with van der Waals surface area (Å²) in [5, 5.41) is 9.67. The van der Waals surface area contributed by atoms with Crippen LogP contribution in [0.3, 0.4) is 0 Å². The Hall–Kier alpha value is -2.40. The van der Waals surface area contributed by atoms with Crippen LogP contribution in [0.15, 0.2) is 42.5 Å². The minimum Gasteiger partial charge on any atom is -0.454 e. The highest BCUT2D eigenvalue weighted by Gasteiger charge is 2.32. The first kappa shape index (κ1) is 15.1. The predicted molar refractivity (Wildman–Crippen MR) is 87.5 cm³/mol. The van der Waals surface area contributed by atoms with E-state index in [1.54, 1.807) is 6.07 Å². The molecule has 24 heavy (non-hydrogen) atoms. The lowest BCUT2D eigenvalue weighted by molar-refractivity contribution is 0.0387. The van der Waals surface area contributed by atoms with Gasteiger partial charge in [0.25, 0.3) is 0 Å². The number of esters is 1. The maximum absolute atomic E-state index is 13.3. The number of cyclic esters (lactones) is 1. The summed E-state index contributed by atoms with van der Waals surface area (Å²) in [5.41, 5.74) is 3.13. The SMILES string of the molecule is O=C1OC(Cc2cccc(F)c2)c2ccc(N3CC[C@@H](O)C3)cc21. The van der Waals surface area contributed by atoms with Crippen molar-refractivity contribution in [3.63, 3.8) is 0 Å². The number of hydrogen-bond acceptors (Lipinski definition) is 4. The summed E-state index contributed by atoms with van der Waals surface area (Å²) < 4.78 is 18.8. The number of benzene rings is 2. The molecule has 0 aliphatic carbocycles. The highest BCUT2D eigenvalue weighted by atomic mass is 19.1. The van der Waals surface area contributed by atoms with Crippen molar-refractivity contribution in [2.75, 3.05) is 18.0 Å². The first-order valence-corrected chi connectivity index (χ1v) is 8.12. The van der Waals surface area contributed by atoms with E-state index in [2.05, 4.69) is 4.90 Å². The van der Waals surface area contributed by atoms with Gasteiger partial charge in [-0.3, -0.25) is 0 Å². The number of aliphatic hydroxyl groups is 1. The molecule has 2 atom stereocenters. The smallest absolute Gasteiger partial charge is 0.339 e. The maximum Gasteiger partial charge on any atom is 0.339 e. The van der Waals surface area contributed by atoms with Gasteiger partial charge in [-0.05, 0) is 36.2 Å². The number of aliphatic hydroxyl groups excluding tert-OH is 1. The molecule has 4 nitrogen and oxygen atoms in total. The largest absolute Gasteiger partial charge is 0.454 e. The molecule has 0 saturated carbocycles. The zero-order valence-corrected chi connectivity index (χ0v) is 13.1. The van der Waals surface area contributed by atoms with Crippen LogP contribution >= 0.6 is 0 Å². The van der Waals surface area contributed by atoms with Gasteiger partial charge in [-0.25, -0.2) is 9.18 Å². The minimum absolute atomic E-state index is 0.292. The highest BCUT2D eigenvalue weighted by molar-refractivity contribution is 5.95. The maximum atomic E-state index is 13.3. The number of fused-ring (bicyclic) bond motifs is 1. The Morgan fingerprint density at radius 1 is 1.25 bits per heavy atom. The van der Waals surface area contributed by atoms with Gasteiger partial charge in [0.05, 0.1) is 11.7 Å². The summed E-state index contributed by atoms with van der Waals surface area (Å²) in [6.07, 6.45) is 0.501. The van der Waals surface area contributed by atoms with Gasteiger partial charge in [0, 0.05) is 30.8 Å². The zero-order chi connectivity index (χ0) is 16.7. The van der Waals surface area contributed by atoms with Crippen LogP contribution in [0.25, 0.3) is 0 Å². The van der Waals surface area contributed by atoms with E-state index in [0.29, 0.717) is 18.5 Å². The number of carbonyl (C=O) groups is 1. The summed E-state index contributed by atoms with van der Waals surface area (Å²) in [4.78, 5) is 14.3. The van der Waals surface area contributed by atoms with E-state index in [4.69, 9.17) is 4.74 Å². The first-order chi connectivity index (χ1) is 11.6. The van der Waals surface area contributed by atoms with Gasteiger partial charge >= 0.3 is 5.97 Å². The van der Waals surface area contributed by atoms with E-state index in [-0.39, 0.29) is 24.0 Å². The summed E-state index contributed by atoms with van der Waals surface area (Å²) in [5.74, 6) is -0.631. The second-order valence-corrected chi connectivity index (χ2v) is 6.39. The Morgan fingerprint density at radius 3 is 2.88 bits per heavy atom. The monoisotopic (exact) mass is 327 g/mol. The third-order valence-electron chi connectivity index (χ3n) is 4.69. The molecule has 5 heteroatoms. The van der Waals surface area contributed by atoms with Gasteiger partial charge in [0.1, 0.15) is 11.9 Å². The Morgan fingerprint density at radius 2 is 2.12 bits per heavy atom. The quantitative estimate of drug-likeness (QED) is 0.881. The van der Waals surface area contributed by atoms with E-state index in [1.807, 2.05) is 24.3 Å². The fourth-order valence-corrected chi connectivity index (χ4v) is 3.46. The second-order valence-electron chi connectivity index (χ2n) is 6.39. The molecule has 2 heterocycles. The first-order valence-electron chi connectivity index (χ1n) is 8.12. The van der Waals surface area contributed by atoms with Crippen LogP contribution in [0.2, 0.25) is 0 Å². The van der Waals surface area contributed by atoms with Crippen LogP contribution in [0, 0.1) is 5.82 Å². The van der Waals surface area contributed by atoms with E-state index in [0.717, 1.165) is 29.8 Å². The molecule has 1 N–H and O–H groups in total. The highest BCUT2D eigenvalue weighted by Crippen LogP contribution is 2.36. The number of rotatable bonds is 3. The van der Waals surface area contributed by atoms with Gasteiger partial charge < -0.3 is 14.7 Å². The fourth-order valence-electron chi connectivity index (χ4n) is 3.46. The number of halogens is 1. The van der Waals surface area contributed by atoms with Crippen molar-refractivity contribution in [2.24, 2.45) is 0 Å². The van der Waals surface area contributed by atoms with Crippen LogP contribution in [-0.4, -0.2) is 30.3 Å². The average molecular weight is 327 g/mol. The van der Waals surface area contributed by atoms with Crippen molar-refractivity contribution in [1.29, 1.82) is 0 Å². The molecule has 0 radical (unpaired) electrons. The van der Waals surface area contributed by atoms with Crippen LogP contribution < -0.4 is 4.90 Å². The second kappa shape index (κ2) is 5.91. The van der Waals surface area contributed by atoms with E-state index >= 15 is 0 Å². The Labute approximate surface area is 139 Å². The molecular weight excluding hydrogens is 309 g/mol. The van der Waals surface area contributed by atoms with E-state index in [1.165, 1.54) is 12.1 Å². The number of hydrogen-bond donors (Lipinski definition) is 1. The van der Waals surface area contributed by atoms with Crippen LogP contribution in [0.4, 0.5) is 10.1 Å². The van der Waals surface area contributed by atoms with Crippen LogP contribution in [0.1, 0.15) is 34.0 Å². The minimum atomic E-state index is -0.382. The molecule has 0 aromatic heterocycles. The number of nitrogens with zero attached hydrogens (tertiary/aromatic N) is 1. The average Bonchev–Trinajstić information content (AvgIpc) is 3.12. The molecule has 2 aliphatic heterocycles. The number of ether oxygens (including phenoxy) is 1. The number of carbonyl (C=O) groups excluding carboxylic acids is 1. The van der Waals surface area contributed by atoms with Crippen LogP contribution in [-0.2, 0) is 11.2 Å². The molecule has 4 rings (SSSR count). The van der Waals surface area contributed by atoms with Gasteiger partial charge in [-0.1, -0.05) is 18.2 Å². The van der Waals surface area contributed by atoms with Gasteiger partial charge in [0.2, 0.25) is 0 Å². The number of β-amino-alcohol motifs (C(OH)–C–C–N with tert-alkyl or cyclic N) is 1. The van der Waals surface area contributed by atoms with Crippen molar-refractivity contribution < 1.29 is 19.0 Å². The topological polar surface area (TPSA) is 49.8 Å². The van der Waals surface area contributed by atoms with Crippen molar-refractivity contribution in [1.82, 2.24) is 0 Å². The van der Waals surface area contributed by atoms with E-state index in [9.17, 15) is 14.3 Å². The predicted octanol–water partition coefficient (Wildman–Crippen LogP) is 2.85. The summed E-state index contributed by atoms with van der Waals surface area (Å²) in [6.45, 7) is 1.36. The molecule has 2 aromatic carbocycles. The lowest BCUT2D eigenvalue weighted by Crippen LogP contribution is -2.21. The third-order valence-corrected chi connectivity index (χ3v) is 4.69. The summed E-state index contributed by atoms with van der Waals surface area (Å²) >= 11 is 0. The van der Waals surface area contributed by atoms with Gasteiger partial charge in [0.15, 0.2) is 0 Å². The summed E-state index contributed by atoms with van der Waals surface area (Å²) in [6, 6.07) is 12.0. The van der Waals surface area contributed by atoms with Crippen molar-refractivity contribution in [2.45, 2.75) is 25.0 Å². The standard InChI is InChI=1S/C19H18FNO3/c20-13-3-1-2-12(8-13)9-18-16-5-4-14(10-17(16)19(23)24-18)21-7-6-15(22)11-21/h1-5,8,10,15,18,22H,6-7,9,11H2/t15-,18?/m1/s1. The Bertz CT molecular complexity index is 792. The molecule has 0 amide bonds. The van der Waals surface area contributed by atoms with Crippen molar-refractivity contribution in [3.05, 3.63) is 65.0 Å². The molecule has 2 aromatic rings. The van der Waals surface area contributed by atoms with Gasteiger partial charge in [-0.2, -0.15) is 0 Å². The molecule has 1 unspecified atom stereocenters. The summed E-state index contributed by atoms with van der Waals surface area (Å²) in [7, 11) is 0. The number of anilines is 1. The van der Waals surface area contributed by atoms with Crippen molar-refractivity contribution in [3.8, 4) is 0 Å². The molecule has 0 spiro atoms. The fraction of sp³-hybridized carbons (Fsp3) is 0.316. The third kappa shape index (κ3) is 2.76. The van der Waals surface area contributed by atoms with Gasteiger partial charge in [-0.15, -0.1) is 0 Å².